The highest BCUT2D eigenvalue weighted by atomic mass is 19.1. The summed E-state index contributed by atoms with van der Waals surface area (Å²) in [5.41, 5.74) is 1.45. The fraction of sp³-hybridized carbons (Fsp3) is 0.467. The monoisotopic (exact) mass is 277 g/mol. The molecule has 0 aliphatic carbocycles. The first-order valence-electron chi connectivity index (χ1n) is 6.98. The van der Waals surface area contributed by atoms with Crippen molar-refractivity contribution in [2.45, 2.75) is 39.7 Å². The van der Waals surface area contributed by atoms with Crippen molar-refractivity contribution < 1.29 is 8.81 Å². The zero-order valence-corrected chi connectivity index (χ0v) is 12.1. The summed E-state index contributed by atoms with van der Waals surface area (Å²) in [6.07, 6.45) is 1.91. The summed E-state index contributed by atoms with van der Waals surface area (Å²) < 4.78 is 19.1. The van der Waals surface area contributed by atoms with E-state index < -0.39 is 0 Å². The lowest BCUT2D eigenvalue weighted by atomic mass is 10.1. The number of nitrogens with one attached hydrogen (secondary N) is 1. The minimum Gasteiger partial charge on any atom is -0.419 e. The minimum absolute atomic E-state index is 0.0471. The van der Waals surface area contributed by atoms with E-state index in [9.17, 15) is 4.39 Å². The lowest BCUT2D eigenvalue weighted by Gasteiger charge is -2.11. The molecule has 0 fully saturated rings. The van der Waals surface area contributed by atoms with Gasteiger partial charge in [0.2, 0.25) is 11.8 Å². The third-order valence-electron chi connectivity index (χ3n) is 3.08. The van der Waals surface area contributed by atoms with Crippen LogP contribution in [0.1, 0.15) is 44.2 Å². The molecule has 5 heteroatoms. The molecule has 1 N–H and O–H groups in total. The van der Waals surface area contributed by atoms with Gasteiger partial charge in [0.05, 0.1) is 6.04 Å². The molecular formula is C15H20FN3O. The number of hydrogen-bond acceptors (Lipinski definition) is 4. The molecule has 20 heavy (non-hydrogen) atoms. The van der Waals surface area contributed by atoms with E-state index in [2.05, 4.69) is 29.4 Å². The molecule has 2 aromatic rings. The molecule has 0 saturated carbocycles. The van der Waals surface area contributed by atoms with Gasteiger partial charge in [0, 0.05) is 5.56 Å². The van der Waals surface area contributed by atoms with E-state index in [1.165, 1.54) is 12.1 Å². The van der Waals surface area contributed by atoms with Crippen molar-refractivity contribution in [2.24, 2.45) is 0 Å². The average Bonchev–Trinajstić information content (AvgIpc) is 2.88. The van der Waals surface area contributed by atoms with Crippen LogP contribution < -0.4 is 5.32 Å². The predicted octanol–water partition coefficient (Wildman–Crippen LogP) is 3.63. The van der Waals surface area contributed by atoms with Crippen LogP contribution in [0, 0.1) is 12.7 Å². The van der Waals surface area contributed by atoms with E-state index in [-0.39, 0.29) is 11.9 Å². The van der Waals surface area contributed by atoms with E-state index in [4.69, 9.17) is 4.42 Å². The van der Waals surface area contributed by atoms with Gasteiger partial charge in [0.1, 0.15) is 5.82 Å². The highest BCUT2D eigenvalue weighted by Gasteiger charge is 2.17. The van der Waals surface area contributed by atoms with E-state index >= 15 is 0 Å². The molecule has 1 atom stereocenters. The van der Waals surface area contributed by atoms with Gasteiger partial charge in [-0.3, -0.25) is 0 Å². The molecule has 0 aliphatic heterocycles. The van der Waals surface area contributed by atoms with Gasteiger partial charge in [0.15, 0.2) is 0 Å². The highest BCUT2D eigenvalue weighted by Crippen LogP contribution is 2.23. The van der Waals surface area contributed by atoms with Crippen LogP contribution in [-0.2, 0) is 0 Å². The highest BCUT2D eigenvalue weighted by molar-refractivity contribution is 5.54. The molecule has 2 rings (SSSR count). The number of nitrogens with zero attached hydrogens (tertiary/aromatic N) is 2. The number of aromatic nitrogens is 2. The molecule has 4 nitrogen and oxygen atoms in total. The quantitative estimate of drug-likeness (QED) is 0.876. The smallest absolute Gasteiger partial charge is 0.247 e. The van der Waals surface area contributed by atoms with Crippen molar-refractivity contribution in [2.75, 3.05) is 6.54 Å². The Labute approximate surface area is 118 Å². The standard InChI is InChI=1S/C15H20FN3O/c1-4-6-17-13(5-2)15-19-18-14(20-15)11-7-10(3)8-12(16)9-11/h7-9,13,17H,4-6H2,1-3H3. The second-order valence-electron chi connectivity index (χ2n) is 4.88. The van der Waals surface area contributed by atoms with Crippen LogP contribution in [-0.4, -0.2) is 16.7 Å². The van der Waals surface area contributed by atoms with Gasteiger partial charge in [-0.2, -0.15) is 0 Å². The van der Waals surface area contributed by atoms with Crippen molar-refractivity contribution >= 4 is 0 Å². The van der Waals surface area contributed by atoms with E-state index in [0.29, 0.717) is 17.3 Å². The van der Waals surface area contributed by atoms with Gasteiger partial charge < -0.3 is 9.73 Å². The number of benzene rings is 1. The van der Waals surface area contributed by atoms with Crippen LogP contribution in [0.5, 0.6) is 0 Å². The Balaban J connectivity index is 2.23. The minimum atomic E-state index is -0.295. The molecule has 0 amide bonds. The normalized spacial score (nSPS) is 12.6. The molecule has 1 heterocycles. The Kier molecular flexibility index (Phi) is 4.84. The summed E-state index contributed by atoms with van der Waals surface area (Å²) in [5.74, 6) is 0.619. The molecule has 0 aliphatic rings. The number of halogens is 1. The molecule has 0 spiro atoms. The molecule has 1 aromatic carbocycles. The predicted molar refractivity (Wildman–Crippen MR) is 75.8 cm³/mol. The maximum Gasteiger partial charge on any atom is 0.247 e. The fourth-order valence-electron chi connectivity index (χ4n) is 2.08. The molecule has 0 saturated heterocycles. The van der Waals surface area contributed by atoms with E-state index in [1.807, 2.05) is 13.0 Å². The summed E-state index contributed by atoms with van der Waals surface area (Å²) in [6, 6.07) is 4.76. The van der Waals surface area contributed by atoms with Gasteiger partial charge in [-0.15, -0.1) is 10.2 Å². The summed E-state index contributed by atoms with van der Waals surface area (Å²) in [7, 11) is 0. The second kappa shape index (κ2) is 6.61. The van der Waals surface area contributed by atoms with Crippen LogP contribution >= 0.6 is 0 Å². The Bertz CT molecular complexity index is 548. The van der Waals surface area contributed by atoms with Crippen LogP contribution in [0.2, 0.25) is 0 Å². The van der Waals surface area contributed by atoms with Crippen LogP contribution in [0.15, 0.2) is 22.6 Å². The maximum atomic E-state index is 13.4. The molecular weight excluding hydrogens is 257 g/mol. The van der Waals surface area contributed by atoms with E-state index in [0.717, 1.165) is 24.9 Å². The summed E-state index contributed by atoms with van der Waals surface area (Å²) in [6.45, 7) is 6.90. The van der Waals surface area contributed by atoms with Crippen molar-refractivity contribution in [1.29, 1.82) is 0 Å². The average molecular weight is 277 g/mol. The Hall–Kier alpha value is -1.75. The van der Waals surface area contributed by atoms with Crippen molar-refractivity contribution in [3.05, 3.63) is 35.5 Å². The molecule has 0 radical (unpaired) electrons. The summed E-state index contributed by atoms with van der Waals surface area (Å²) in [4.78, 5) is 0. The molecule has 1 unspecified atom stereocenters. The topological polar surface area (TPSA) is 51.0 Å². The first kappa shape index (κ1) is 14.7. The number of hydrogen-bond donors (Lipinski definition) is 1. The first-order valence-corrected chi connectivity index (χ1v) is 6.98. The van der Waals surface area contributed by atoms with Gasteiger partial charge in [0.25, 0.3) is 0 Å². The second-order valence-corrected chi connectivity index (χ2v) is 4.88. The number of rotatable bonds is 6. The van der Waals surface area contributed by atoms with E-state index in [1.54, 1.807) is 0 Å². The molecule has 108 valence electrons. The zero-order chi connectivity index (χ0) is 14.5. The Morgan fingerprint density at radius 1 is 1.25 bits per heavy atom. The van der Waals surface area contributed by atoms with Crippen LogP contribution in [0.3, 0.4) is 0 Å². The lowest BCUT2D eigenvalue weighted by Crippen LogP contribution is -2.21. The zero-order valence-electron chi connectivity index (χ0n) is 12.1. The van der Waals surface area contributed by atoms with Crippen molar-refractivity contribution in [1.82, 2.24) is 15.5 Å². The Morgan fingerprint density at radius 3 is 2.70 bits per heavy atom. The van der Waals surface area contributed by atoms with Gasteiger partial charge in [-0.25, -0.2) is 4.39 Å². The summed E-state index contributed by atoms with van der Waals surface area (Å²) >= 11 is 0. The summed E-state index contributed by atoms with van der Waals surface area (Å²) in [5, 5.41) is 11.4. The number of aryl methyl sites for hydroxylation is 1. The largest absolute Gasteiger partial charge is 0.419 e. The third-order valence-corrected chi connectivity index (χ3v) is 3.08. The fourth-order valence-corrected chi connectivity index (χ4v) is 2.08. The van der Waals surface area contributed by atoms with Crippen LogP contribution in [0.25, 0.3) is 11.5 Å². The van der Waals surface area contributed by atoms with Gasteiger partial charge in [-0.05, 0) is 50.1 Å². The molecule has 1 aromatic heterocycles. The van der Waals surface area contributed by atoms with Crippen LogP contribution in [0.4, 0.5) is 4.39 Å². The van der Waals surface area contributed by atoms with Crippen molar-refractivity contribution in [3.63, 3.8) is 0 Å². The SMILES string of the molecule is CCCNC(CC)c1nnc(-c2cc(C)cc(F)c2)o1. The maximum absolute atomic E-state index is 13.4. The third kappa shape index (κ3) is 3.42. The van der Waals surface area contributed by atoms with Crippen molar-refractivity contribution in [3.8, 4) is 11.5 Å². The lowest BCUT2D eigenvalue weighted by molar-refractivity contribution is 0.396. The first-order chi connectivity index (χ1) is 9.63. The van der Waals surface area contributed by atoms with Gasteiger partial charge >= 0.3 is 0 Å². The van der Waals surface area contributed by atoms with Gasteiger partial charge in [-0.1, -0.05) is 13.8 Å². The Morgan fingerprint density at radius 2 is 2.05 bits per heavy atom. The molecule has 0 bridgehead atoms.